The average molecular weight is 134 g/mol. The molecule has 5 nitrogen and oxygen atoms in total. The van der Waals surface area contributed by atoms with Crippen LogP contribution in [0.15, 0.2) is 0 Å². The summed E-state index contributed by atoms with van der Waals surface area (Å²) in [7, 11) is 0. The Kier molecular flexibility index (Phi) is 3.15. The molecule has 0 aromatic rings. The Balaban J connectivity index is 3.72. The number of hydrogen-bond donors (Lipinski definition) is 4. The van der Waals surface area contributed by atoms with Crippen LogP contribution in [0.3, 0.4) is 0 Å². The number of amides is 1. The van der Waals surface area contributed by atoms with Crippen LogP contribution in [-0.2, 0) is 4.79 Å². The fourth-order valence-electron chi connectivity index (χ4n) is 0.294. The molecule has 5 N–H and O–H groups in total. The monoisotopic (exact) mass is 134 g/mol. The van der Waals surface area contributed by atoms with Crippen molar-refractivity contribution in [3.63, 3.8) is 0 Å². The van der Waals surface area contributed by atoms with E-state index in [0.717, 1.165) is 0 Å². The van der Waals surface area contributed by atoms with E-state index in [1.165, 1.54) is 12.4 Å². The smallest absolute Gasteiger partial charge is 0.262 e. The lowest BCUT2D eigenvalue weighted by Crippen LogP contribution is -2.46. The van der Waals surface area contributed by atoms with Crippen LogP contribution in [0, 0.1) is 0 Å². The lowest BCUT2D eigenvalue weighted by atomic mass is 10.2. The molecule has 9 heavy (non-hydrogen) atoms. The highest BCUT2D eigenvalue weighted by Crippen LogP contribution is 1.86. The molecule has 0 aliphatic rings. The maximum Gasteiger partial charge on any atom is 0.262 e. The number of hydrogen-bond acceptors (Lipinski definition) is 4. The number of rotatable bonds is 2. The van der Waals surface area contributed by atoms with Crippen LogP contribution in [0.5, 0.6) is 0 Å². The topological polar surface area (TPSA) is 95.6 Å². The third-order valence-corrected chi connectivity index (χ3v) is 0.933. The highest BCUT2D eigenvalue weighted by atomic mass is 16.5. The maximum atomic E-state index is 10.3. The summed E-state index contributed by atoms with van der Waals surface area (Å²) in [6.07, 6.45) is -0.947. The molecular formula is C4H10N2O3. The Hall–Kier alpha value is -0.650. The first-order valence-electron chi connectivity index (χ1n) is 2.47. The van der Waals surface area contributed by atoms with Gasteiger partial charge in [0.2, 0.25) is 0 Å². The van der Waals surface area contributed by atoms with Gasteiger partial charge in [0.15, 0.2) is 0 Å². The fourth-order valence-corrected chi connectivity index (χ4v) is 0.294. The predicted octanol–water partition coefficient (Wildman–Crippen LogP) is -1.80. The third-order valence-electron chi connectivity index (χ3n) is 0.933. The summed E-state index contributed by atoms with van der Waals surface area (Å²) in [6, 6.07) is -1.06. The number of aliphatic hydroxyl groups excluding tert-OH is 1. The Morgan fingerprint density at radius 3 is 2.33 bits per heavy atom. The number of hydroxylamine groups is 1. The normalized spacial score (nSPS) is 16.4. The predicted molar refractivity (Wildman–Crippen MR) is 29.6 cm³/mol. The second-order valence-corrected chi connectivity index (χ2v) is 1.74. The van der Waals surface area contributed by atoms with E-state index < -0.39 is 18.1 Å². The van der Waals surface area contributed by atoms with Gasteiger partial charge in [-0.05, 0) is 6.92 Å². The summed E-state index contributed by atoms with van der Waals surface area (Å²) >= 11 is 0. The molecule has 0 aromatic carbocycles. The van der Waals surface area contributed by atoms with Crippen LogP contribution in [0.25, 0.3) is 0 Å². The van der Waals surface area contributed by atoms with Gasteiger partial charge in [0, 0.05) is 0 Å². The van der Waals surface area contributed by atoms with Crippen molar-refractivity contribution < 1.29 is 15.1 Å². The minimum absolute atomic E-state index is 0.787. The largest absolute Gasteiger partial charge is 0.391 e. The van der Waals surface area contributed by atoms with Gasteiger partial charge < -0.3 is 10.8 Å². The van der Waals surface area contributed by atoms with Crippen molar-refractivity contribution in [1.82, 2.24) is 5.48 Å². The molecule has 0 fully saturated rings. The Morgan fingerprint density at radius 2 is 2.22 bits per heavy atom. The summed E-state index contributed by atoms with van der Waals surface area (Å²) < 4.78 is 0. The van der Waals surface area contributed by atoms with Crippen molar-refractivity contribution in [2.45, 2.75) is 19.1 Å². The van der Waals surface area contributed by atoms with Crippen molar-refractivity contribution >= 4 is 5.91 Å². The Labute approximate surface area is 52.4 Å². The van der Waals surface area contributed by atoms with Crippen molar-refractivity contribution in [3.05, 3.63) is 0 Å². The van der Waals surface area contributed by atoms with Crippen LogP contribution in [0.2, 0.25) is 0 Å². The van der Waals surface area contributed by atoms with Gasteiger partial charge in [0.25, 0.3) is 5.91 Å². The van der Waals surface area contributed by atoms with Crippen LogP contribution < -0.4 is 11.2 Å². The molecule has 1 amide bonds. The van der Waals surface area contributed by atoms with E-state index in [0.29, 0.717) is 0 Å². The molecule has 0 spiro atoms. The first-order valence-corrected chi connectivity index (χ1v) is 2.47. The van der Waals surface area contributed by atoms with Gasteiger partial charge in [-0.25, -0.2) is 5.48 Å². The summed E-state index contributed by atoms with van der Waals surface area (Å²) in [5.74, 6) is -0.787. The van der Waals surface area contributed by atoms with E-state index >= 15 is 0 Å². The number of carbonyl (C=O) groups is 1. The molecular weight excluding hydrogens is 124 g/mol. The SMILES string of the molecule is C[C@@H](O)[C@@H](N)C(=O)NO. The number of aliphatic hydroxyl groups is 1. The first kappa shape index (κ1) is 8.35. The van der Waals surface area contributed by atoms with Crippen molar-refractivity contribution in [3.8, 4) is 0 Å². The molecule has 0 aromatic heterocycles. The van der Waals surface area contributed by atoms with Gasteiger partial charge in [-0.15, -0.1) is 0 Å². The molecule has 0 aliphatic heterocycles. The van der Waals surface area contributed by atoms with E-state index in [4.69, 9.17) is 16.0 Å². The summed E-state index contributed by atoms with van der Waals surface area (Å²) in [6.45, 7) is 1.36. The molecule has 0 rings (SSSR count). The second kappa shape index (κ2) is 3.39. The lowest BCUT2D eigenvalue weighted by Gasteiger charge is -2.10. The Morgan fingerprint density at radius 1 is 1.78 bits per heavy atom. The highest BCUT2D eigenvalue weighted by Gasteiger charge is 2.17. The van der Waals surface area contributed by atoms with Crippen molar-refractivity contribution in [2.24, 2.45) is 5.73 Å². The molecule has 0 saturated carbocycles. The average Bonchev–Trinajstić information content (AvgIpc) is 1.84. The van der Waals surface area contributed by atoms with Gasteiger partial charge in [0.1, 0.15) is 6.04 Å². The zero-order chi connectivity index (χ0) is 7.44. The Bertz CT molecular complexity index is 104. The summed E-state index contributed by atoms with van der Waals surface area (Å²) in [5.41, 5.74) is 6.37. The molecule has 0 aliphatic carbocycles. The van der Waals surface area contributed by atoms with E-state index in [1.807, 2.05) is 0 Å². The van der Waals surface area contributed by atoms with E-state index in [2.05, 4.69) is 0 Å². The van der Waals surface area contributed by atoms with E-state index in [9.17, 15) is 4.79 Å². The van der Waals surface area contributed by atoms with Crippen LogP contribution in [0.1, 0.15) is 6.92 Å². The van der Waals surface area contributed by atoms with Gasteiger partial charge >= 0.3 is 0 Å². The molecule has 0 heterocycles. The van der Waals surface area contributed by atoms with E-state index in [1.54, 1.807) is 0 Å². The van der Waals surface area contributed by atoms with E-state index in [-0.39, 0.29) is 0 Å². The van der Waals surface area contributed by atoms with Crippen molar-refractivity contribution in [1.29, 1.82) is 0 Å². The minimum Gasteiger partial charge on any atom is -0.391 e. The zero-order valence-corrected chi connectivity index (χ0v) is 5.03. The minimum atomic E-state index is -1.06. The standard InChI is InChI=1S/C4H10N2O3/c1-2(7)3(5)4(8)6-9/h2-3,7,9H,5H2,1H3,(H,6,8)/t2-,3-/m1/s1. The van der Waals surface area contributed by atoms with Gasteiger partial charge in [-0.1, -0.05) is 0 Å². The van der Waals surface area contributed by atoms with Crippen molar-refractivity contribution in [2.75, 3.05) is 0 Å². The van der Waals surface area contributed by atoms with Gasteiger partial charge in [0.05, 0.1) is 6.10 Å². The lowest BCUT2D eigenvalue weighted by molar-refractivity contribution is -0.132. The summed E-state index contributed by atoms with van der Waals surface area (Å²) in [4.78, 5) is 10.3. The van der Waals surface area contributed by atoms with Crippen LogP contribution >= 0.6 is 0 Å². The zero-order valence-electron chi connectivity index (χ0n) is 5.03. The van der Waals surface area contributed by atoms with Crippen LogP contribution in [-0.4, -0.2) is 28.4 Å². The summed E-state index contributed by atoms with van der Waals surface area (Å²) in [5, 5.41) is 16.6. The van der Waals surface area contributed by atoms with Gasteiger partial charge in [-0.2, -0.15) is 0 Å². The third kappa shape index (κ3) is 2.41. The molecule has 0 radical (unpaired) electrons. The number of carbonyl (C=O) groups excluding carboxylic acids is 1. The second-order valence-electron chi connectivity index (χ2n) is 1.74. The molecule has 0 unspecified atom stereocenters. The highest BCUT2D eigenvalue weighted by molar-refractivity contribution is 5.80. The first-order chi connectivity index (χ1) is 4.09. The number of nitrogens with one attached hydrogen (secondary N) is 1. The quantitative estimate of drug-likeness (QED) is 0.264. The molecule has 0 saturated heterocycles. The number of nitrogens with two attached hydrogens (primary N) is 1. The van der Waals surface area contributed by atoms with Crippen LogP contribution in [0.4, 0.5) is 0 Å². The molecule has 54 valence electrons. The maximum absolute atomic E-state index is 10.3. The van der Waals surface area contributed by atoms with Gasteiger partial charge in [-0.3, -0.25) is 10.0 Å². The molecule has 2 atom stereocenters. The fraction of sp³-hybridized carbons (Fsp3) is 0.750. The molecule has 5 heteroatoms. The molecule has 0 bridgehead atoms.